The van der Waals surface area contributed by atoms with E-state index in [1.165, 1.54) is 4.57 Å². The number of aryl methyl sites for hydroxylation is 1. The van der Waals surface area contributed by atoms with Gasteiger partial charge in [0.1, 0.15) is 11.3 Å². The summed E-state index contributed by atoms with van der Waals surface area (Å²) >= 11 is 0. The highest BCUT2D eigenvalue weighted by Gasteiger charge is 2.10. The molecule has 3 aromatic heterocycles. The third kappa shape index (κ3) is 3.05. The molecule has 0 unspecified atom stereocenters. The summed E-state index contributed by atoms with van der Waals surface area (Å²) in [6.45, 7) is 2.54. The molecule has 0 fully saturated rings. The van der Waals surface area contributed by atoms with Crippen LogP contribution in [0, 0.1) is 10.8 Å². The fourth-order valence-corrected chi connectivity index (χ4v) is 3.26. The molecule has 4 rings (SSSR count). The Kier molecular flexibility index (Phi) is 4.45. The van der Waals surface area contributed by atoms with E-state index < -0.39 is 0 Å². The zero-order valence-electron chi connectivity index (χ0n) is 15.4. The van der Waals surface area contributed by atoms with Crippen LogP contribution < -0.4 is 11.0 Å². The first kappa shape index (κ1) is 17.6. The van der Waals surface area contributed by atoms with Gasteiger partial charge in [-0.3, -0.25) is 25.2 Å². The molecule has 0 bridgehead atoms. The number of nitrogens with one attached hydrogen (secondary N) is 2. The van der Waals surface area contributed by atoms with Crippen molar-refractivity contribution in [2.24, 2.45) is 0 Å². The molecule has 6 heteroatoms. The second kappa shape index (κ2) is 7.08. The van der Waals surface area contributed by atoms with Crippen molar-refractivity contribution in [2.45, 2.75) is 13.5 Å². The molecule has 28 heavy (non-hydrogen) atoms. The standard InChI is InChI=1S/C22H19N5O/c1-2-26-11-8-16(14-21(26)28)15-9-12-27(20(23)13-15)22(24)18-7-10-25-19-6-4-3-5-17(18)19/h3-14,23-24H,2H2,1H3. The van der Waals surface area contributed by atoms with Crippen LogP contribution in [0.25, 0.3) is 22.0 Å². The summed E-state index contributed by atoms with van der Waals surface area (Å²) in [4.78, 5) is 16.4. The van der Waals surface area contributed by atoms with Gasteiger partial charge in [0.15, 0.2) is 0 Å². The largest absolute Gasteiger partial charge is 0.316 e. The molecule has 0 radical (unpaired) electrons. The van der Waals surface area contributed by atoms with Gasteiger partial charge in [0, 0.05) is 42.2 Å². The number of para-hydroxylation sites is 1. The zero-order chi connectivity index (χ0) is 19.7. The minimum Gasteiger partial charge on any atom is -0.316 e. The Hall–Kier alpha value is -3.80. The van der Waals surface area contributed by atoms with E-state index in [4.69, 9.17) is 10.8 Å². The number of hydrogen-bond donors (Lipinski definition) is 2. The number of benzene rings is 1. The Morgan fingerprint density at radius 3 is 2.54 bits per heavy atom. The molecule has 0 aliphatic carbocycles. The predicted molar refractivity (Wildman–Crippen MR) is 110 cm³/mol. The number of nitrogens with zero attached hydrogens (tertiary/aromatic N) is 3. The first-order valence-electron chi connectivity index (χ1n) is 8.99. The van der Waals surface area contributed by atoms with Crippen LogP contribution in [-0.2, 0) is 6.54 Å². The van der Waals surface area contributed by atoms with Gasteiger partial charge in [-0.05, 0) is 48.4 Å². The Bertz CT molecular complexity index is 1310. The first-order valence-corrected chi connectivity index (χ1v) is 8.99. The van der Waals surface area contributed by atoms with Crippen molar-refractivity contribution in [3.05, 3.63) is 94.6 Å². The fraction of sp³-hybridized carbons (Fsp3) is 0.0909. The highest BCUT2D eigenvalue weighted by molar-refractivity contribution is 6.08. The van der Waals surface area contributed by atoms with Crippen molar-refractivity contribution >= 4 is 16.7 Å². The number of fused-ring (bicyclic) bond motifs is 1. The molecule has 0 aliphatic heterocycles. The van der Waals surface area contributed by atoms with E-state index in [1.807, 2.05) is 43.3 Å². The maximum atomic E-state index is 12.1. The summed E-state index contributed by atoms with van der Waals surface area (Å²) in [6.07, 6.45) is 5.13. The van der Waals surface area contributed by atoms with Gasteiger partial charge in [-0.1, -0.05) is 18.2 Å². The molecule has 138 valence electrons. The van der Waals surface area contributed by atoms with Gasteiger partial charge in [0.25, 0.3) is 5.56 Å². The lowest BCUT2D eigenvalue weighted by Crippen LogP contribution is -2.26. The molecule has 0 aliphatic rings. The lowest BCUT2D eigenvalue weighted by atomic mass is 10.1. The van der Waals surface area contributed by atoms with E-state index >= 15 is 0 Å². The maximum Gasteiger partial charge on any atom is 0.251 e. The molecule has 0 amide bonds. The quantitative estimate of drug-likeness (QED) is 0.429. The Labute approximate surface area is 161 Å². The van der Waals surface area contributed by atoms with Crippen molar-refractivity contribution in [1.82, 2.24) is 14.1 Å². The normalized spacial score (nSPS) is 10.9. The van der Waals surface area contributed by atoms with Crippen LogP contribution in [-0.4, -0.2) is 20.0 Å². The maximum absolute atomic E-state index is 12.1. The van der Waals surface area contributed by atoms with Gasteiger partial charge >= 0.3 is 0 Å². The Morgan fingerprint density at radius 2 is 1.79 bits per heavy atom. The van der Waals surface area contributed by atoms with E-state index in [0.717, 1.165) is 22.0 Å². The van der Waals surface area contributed by atoms with E-state index in [2.05, 4.69) is 4.98 Å². The van der Waals surface area contributed by atoms with Crippen molar-refractivity contribution in [2.75, 3.05) is 0 Å². The number of hydrogen-bond acceptors (Lipinski definition) is 4. The van der Waals surface area contributed by atoms with Crippen LogP contribution in [0.2, 0.25) is 0 Å². The van der Waals surface area contributed by atoms with Crippen LogP contribution in [0.5, 0.6) is 0 Å². The molecule has 3 heterocycles. The van der Waals surface area contributed by atoms with Crippen molar-refractivity contribution in [1.29, 1.82) is 10.8 Å². The van der Waals surface area contributed by atoms with Crippen LogP contribution in [0.3, 0.4) is 0 Å². The van der Waals surface area contributed by atoms with Gasteiger partial charge in [0.05, 0.1) is 5.52 Å². The molecular weight excluding hydrogens is 350 g/mol. The smallest absolute Gasteiger partial charge is 0.251 e. The Morgan fingerprint density at radius 1 is 1.04 bits per heavy atom. The summed E-state index contributed by atoms with van der Waals surface area (Å²) in [5, 5.41) is 17.9. The van der Waals surface area contributed by atoms with Crippen molar-refractivity contribution < 1.29 is 0 Å². The Balaban J connectivity index is 1.76. The van der Waals surface area contributed by atoms with Gasteiger partial charge in [-0.15, -0.1) is 0 Å². The van der Waals surface area contributed by atoms with Crippen LogP contribution in [0.15, 0.2) is 78.0 Å². The van der Waals surface area contributed by atoms with Gasteiger partial charge < -0.3 is 4.57 Å². The SMILES string of the molecule is CCn1ccc(-c2ccn(C(=N)c3ccnc4ccccc34)c(=N)c2)cc1=O. The lowest BCUT2D eigenvalue weighted by molar-refractivity contribution is 0.728. The molecule has 0 saturated carbocycles. The number of pyridine rings is 3. The molecule has 1 aromatic carbocycles. The first-order chi connectivity index (χ1) is 13.6. The third-order valence-corrected chi connectivity index (χ3v) is 4.77. The van der Waals surface area contributed by atoms with Crippen LogP contribution in [0.4, 0.5) is 0 Å². The minimum atomic E-state index is -0.0701. The topological polar surface area (TPSA) is 87.5 Å². The highest BCUT2D eigenvalue weighted by atomic mass is 16.1. The molecule has 0 spiro atoms. The molecular formula is C22H19N5O. The average Bonchev–Trinajstić information content (AvgIpc) is 2.72. The second-order valence-electron chi connectivity index (χ2n) is 6.43. The van der Waals surface area contributed by atoms with E-state index in [-0.39, 0.29) is 16.9 Å². The summed E-state index contributed by atoms with van der Waals surface area (Å²) in [6, 6.07) is 16.4. The van der Waals surface area contributed by atoms with Gasteiger partial charge in [-0.2, -0.15) is 0 Å². The highest BCUT2D eigenvalue weighted by Crippen LogP contribution is 2.18. The molecule has 0 atom stereocenters. The zero-order valence-corrected chi connectivity index (χ0v) is 15.4. The number of aromatic nitrogens is 3. The lowest BCUT2D eigenvalue weighted by Gasteiger charge is -2.12. The average molecular weight is 369 g/mol. The van der Waals surface area contributed by atoms with Gasteiger partial charge in [0.2, 0.25) is 0 Å². The molecule has 0 saturated heterocycles. The van der Waals surface area contributed by atoms with Crippen LogP contribution in [0.1, 0.15) is 12.5 Å². The second-order valence-corrected chi connectivity index (χ2v) is 6.43. The summed E-state index contributed by atoms with van der Waals surface area (Å²) in [5.74, 6) is 0.205. The summed E-state index contributed by atoms with van der Waals surface area (Å²) in [7, 11) is 0. The minimum absolute atomic E-state index is 0.0701. The molecule has 2 N–H and O–H groups in total. The van der Waals surface area contributed by atoms with Crippen LogP contribution >= 0.6 is 0 Å². The van der Waals surface area contributed by atoms with Crippen molar-refractivity contribution in [3.8, 4) is 11.1 Å². The monoisotopic (exact) mass is 369 g/mol. The number of rotatable bonds is 3. The molecule has 4 aromatic rings. The fourth-order valence-electron chi connectivity index (χ4n) is 3.26. The predicted octanol–water partition coefficient (Wildman–Crippen LogP) is 3.24. The van der Waals surface area contributed by atoms with Gasteiger partial charge in [-0.25, -0.2) is 0 Å². The summed E-state index contributed by atoms with van der Waals surface area (Å²) in [5.41, 5.74) is 3.15. The summed E-state index contributed by atoms with van der Waals surface area (Å²) < 4.78 is 3.14. The van der Waals surface area contributed by atoms with E-state index in [1.54, 1.807) is 41.4 Å². The third-order valence-electron chi connectivity index (χ3n) is 4.77. The van der Waals surface area contributed by atoms with E-state index in [9.17, 15) is 4.79 Å². The van der Waals surface area contributed by atoms with E-state index in [0.29, 0.717) is 12.1 Å². The molecule has 6 nitrogen and oxygen atoms in total. The van der Waals surface area contributed by atoms with Crippen molar-refractivity contribution in [3.63, 3.8) is 0 Å².